The molecule has 1 aromatic heterocycles. The zero-order chi connectivity index (χ0) is 9.54. The van der Waals surface area contributed by atoms with Crippen molar-refractivity contribution in [1.82, 2.24) is 5.32 Å². The molecule has 2 heteroatoms. The highest BCUT2D eigenvalue weighted by atomic mass is 32.1. The zero-order valence-corrected chi connectivity index (χ0v) is 9.44. The van der Waals surface area contributed by atoms with E-state index in [4.69, 9.17) is 0 Å². The monoisotopic (exact) mass is 207 g/mol. The lowest BCUT2D eigenvalue weighted by Crippen LogP contribution is -2.26. The summed E-state index contributed by atoms with van der Waals surface area (Å²) in [4.78, 5) is 1.63. The molecule has 2 aliphatic carbocycles. The van der Waals surface area contributed by atoms with Crippen LogP contribution >= 0.6 is 11.3 Å². The molecule has 1 saturated carbocycles. The Labute approximate surface area is 89.5 Å². The SMILES string of the molecule is C[C@@H]1C[C@H]1NC1CCCc2sccc21. The van der Waals surface area contributed by atoms with Crippen molar-refractivity contribution in [3.8, 4) is 0 Å². The molecule has 1 unspecified atom stereocenters. The van der Waals surface area contributed by atoms with Gasteiger partial charge in [-0.1, -0.05) is 6.92 Å². The largest absolute Gasteiger partial charge is 0.307 e. The maximum absolute atomic E-state index is 3.79. The van der Waals surface area contributed by atoms with Gasteiger partial charge < -0.3 is 5.32 Å². The van der Waals surface area contributed by atoms with Crippen LogP contribution < -0.4 is 5.32 Å². The number of rotatable bonds is 2. The third-order valence-electron chi connectivity index (χ3n) is 3.58. The molecule has 3 atom stereocenters. The van der Waals surface area contributed by atoms with Crippen LogP contribution in [0.25, 0.3) is 0 Å². The molecule has 76 valence electrons. The van der Waals surface area contributed by atoms with E-state index < -0.39 is 0 Å². The van der Waals surface area contributed by atoms with Crippen LogP contribution in [-0.2, 0) is 6.42 Å². The molecule has 3 rings (SSSR count). The second kappa shape index (κ2) is 3.35. The van der Waals surface area contributed by atoms with Crippen molar-refractivity contribution in [3.63, 3.8) is 0 Å². The number of aryl methyl sites for hydroxylation is 1. The Bertz CT molecular complexity index is 331. The van der Waals surface area contributed by atoms with E-state index in [9.17, 15) is 0 Å². The van der Waals surface area contributed by atoms with E-state index in [0.29, 0.717) is 6.04 Å². The fourth-order valence-electron chi connectivity index (χ4n) is 2.47. The molecule has 0 aliphatic heterocycles. The predicted octanol–water partition coefficient (Wildman–Crippen LogP) is 3.12. The molecule has 1 aromatic rings. The quantitative estimate of drug-likeness (QED) is 0.785. The second-order valence-corrected chi connectivity index (χ2v) is 5.73. The van der Waals surface area contributed by atoms with Crippen molar-refractivity contribution in [1.29, 1.82) is 0 Å². The van der Waals surface area contributed by atoms with E-state index in [1.165, 1.54) is 25.7 Å². The molecule has 1 heterocycles. The first-order chi connectivity index (χ1) is 6.84. The normalized spacial score (nSPS) is 35.4. The molecule has 1 N–H and O–H groups in total. The number of hydrogen-bond donors (Lipinski definition) is 1. The van der Waals surface area contributed by atoms with Gasteiger partial charge in [-0.15, -0.1) is 11.3 Å². The Balaban J connectivity index is 1.75. The van der Waals surface area contributed by atoms with Gasteiger partial charge >= 0.3 is 0 Å². The highest BCUT2D eigenvalue weighted by molar-refractivity contribution is 7.10. The Hall–Kier alpha value is -0.340. The Morgan fingerprint density at radius 2 is 2.36 bits per heavy atom. The fourth-order valence-corrected chi connectivity index (χ4v) is 3.46. The Morgan fingerprint density at radius 1 is 1.50 bits per heavy atom. The first kappa shape index (κ1) is 8.93. The summed E-state index contributed by atoms with van der Waals surface area (Å²) in [5.41, 5.74) is 1.60. The van der Waals surface area contributed by atoms with Crippen LogP contribution in [0.1, 0.15) is 42.7 Å². The highest BCUT2D eigenvalue weighted by Gasteiger charge is 2.35. The van der Waals surface area contributed by atoms with E-state index in [0.717, 1.165) is 12.0 Å². The van der Waals surface area contributed by atoms with E-state index in [1.807, 2.05) is 11.3 Å². The maximum Gasteiger partial charge on any atom is 0.0333 e. The minimum Gasteiger partial charge on any atom is -0.307 e. The number of thiophene rings is 1. The lowest BCUT2D eigenvalue weighted by molar-refractivity contribution is 0.452. The summed E-state index contributed by atoms with van der Waals surface area (Å²) in [6.07, 6.45) is 5.40. The van der Waals surface area contributed by atoms with E-state index >= 15 is 0 Å². The van der Waals surface area contributed by atoms with Crippen molar-refractivity contribution in [2.24, 2.45) is 5.92 Å². The van der Waals surface area contributed by atoms with Gasteiger partial charge in [-0.25, -0.2) is 0 Å². The zero-order valence-electron chi connectivity index (χ0n) is 8.62. The molecule has 0 amide bonds. The third-order valence-corrected chi connectivity index (χ3v) is 4.57. The van der Waals surface area contributed by atoms with Gasteiger partial charge in [0.1, 0.15) is 0 Å². The van der Waals surface area contributed by atoms with Gasteiger partial charge in [0.2, 0.25) is 0 Å². The molecule has 0 bridgehead atoms. The molecule has 0 saturated heterocycles. The van der Waals surface area contributed by atoms with E-state index in [-0.39, 0.29) is 0 Å². The van der Waals surface area contributed by atoms with Crippen LogP contribution in [0, 0.1) is 5.92 Å². The first-order valence-electron chi connectivity index (χ1n) is 5.67. The molecule has 1 nitrogen and oxygen atoms in total. The van der Waals surface area contributed by atoms with E-state index in [1.54, 1.807) is 10.4 Å². The van der Waals surface area contributed by atoms with Crippen molar-refractivity contribution in [2.45, 2.75) is 44.7 Å². The molecule has 1 fully saturated rings. The standard InChI is InChI=1S/C12H17NS/c1-8-7-11(8)13-10-3-2-4-12-9(10)5-6-14-12/h5-6,8,10-11,13H,2-4,7H2,1H3/t8-,10?,11-/m1/s1. The lowest BCUT2D eigenvalue weighted by Gasteiger charge is -2.23. The molecule has 14 heavy (non-hydrogen) atoms. The Morgan fingerprint density at radius 3 is 3.14 bits per heavy atom. The van der Waals surface area contributed by atoms with Crippen molar-refractivity contribution in [2.75, 3.05) is 0 Å². The summed E-state index contributed by atoms with van der Waals surface area (Å²) in [6.45, 7) is 2.34. The average Bonchev–Trinajstić information content (AvgIpc) is 2.69. The number of hydrogen-bond acceptors (Lipinski definition) is 2. The predicted molar refractivity (Wildman–Crippen MR) is 60.7 cm³/mol. The van der Waals surface area contributed by atoms with Crippen molar-refractivity contribution < 1.29 is 0 Å². The average molecular weight is 207 g/mol. The fraction of sp³-hybridized carbons (Fsp3) is 0.667. The summed E-state index contributed by atoms with van der Waals surface area (Å²) in [5.74, 6) is 0.916. The molecular formula is C12H17NS. The second-order valence-electron chi connectivity index (χ2n) is 4.73. The third kappa shape index (κ3) is 1.51. The van der Waals surface area contributed by atoms with Crippen LogP contribution in [0.4, 0.5) is 0 Å². The minimum atomic E-state index is 0.667. The summed E-state index contributed by atoms with van der Waals surface area (Å²) < 4.78 is 0. The van der Waals surface area contributed by atoms with Crippen molar-refractivity contribution in [3.05, 3.63) is 21.9 Å². The number of fused-ring (bicyclic) bond motifs is 1. The van der Waals surface area contributed by atoms with Crippen LogP contribution in [0.15, 0.2) is 11.4 Å². The summed E-state index contributed by atoms with van der Waals surface area (Å²) >= 11 is 1.94. The van der Waals surface area contributed by atoms with Crippen molar-refractivity contribution >= 4 is 11.3 Å². The molecule has 0 radical (unpaired) electrons. The molecule has 2 aliphatic rings. The minimum absolute atomic E-state index is 0.667. The van der Waals surface area contributed by atoms with Gasteiger partial charge in [0, 0.05) is 17.0 Å². The van der Waals surface area contributed by atoms with Crippen LogP contribution in [-0.4, -0.2) is 6.04 Å². The van der Waals surface area contributed by atoms with Gasteiger partial charge in [-0.05, 0) is 48.6 Å². The van der Waals surface area contributed by atoms with Crippen LogP contribution in [0.3, 0.4) is 0 Å². The number of nitrogens with one attached hydrogen (secondary N) is 1. The lowest BCUT2D eigenvalue weighted by atomic mass is 9.94. The summed E-state index contributed by atoms with van der Waals surface area (Å²) in [6, 6.07) is 3.80. The summed E-state index contributed by atoms with van der Waals surface area (Å²) in [7, 11) is 0. The molecule has 0 aromatic carbocycles. The maximum atomic E-state index is 3.79. The van der Waals surface area contributed by atoms with Gasteiger partial charge in [-0.2, -0.15) is 0 Å². The van der Waals surface area contributed by atoms with Gasteiger partial charge in [0.05, 0.1) is 0 Å². The smallest absolute Gasteiger partial charge is 0.0333 e. The highest BCUT2D eigenvalue weighted by Crippen LogP contribution is 2.37. The van der Waals surface area contributed by atoms with Crippen LogP contribution in [0.2, 0.25) is 0 Å². The molecular weight excluding hydrogens is 190 g/mol. The van der Waals surface area contributed by atoms with Crippen LogP contribution in [0.5, 0.6) is 0 Å². The first-order valence-corrected chi connectivity index (χ1v) is 6.55. The van der Waals surface area contributed by atoms with Gasteiger partial charge in [0.25, 0.3) is 0 Å². The van der Waals surface area contributed by atoms with Gasteiger partial charge in [0.15, 0.2) is 0 Å². The summed E-state index contributed by atoms with van der Waals surface area (Å²) in [5, 5.41) is 6.04. The van der Waals surface area contributed by atoms with Gasteiger partial charge in [-0.3, -0.25) is 0 Å². The topological polar surface area (TPSA) is 12.0 Å². The molecule has 0 spiro atoms. The van der Waals surface area contributed by atoms with E-state index in [2.05, 4.69) is 23.7 Å². The Kier molecular flexibility index (Phi) is 2.14.